The molecular formula is C15H14Cl2N2O4. The van der Waals surface area contributed by atoms with Crippen LogP contribution in [-0.2, 0) is 22.7 Å². The number of benzene rings is 1. The fourth-order valence-electron chi connectivity index (χ4n) is 1.51. The molecule has 1 aromatic heterocycles. The zero-order valence-corrected chi connectivity index (χ0v) is 13.4. The van der Waals surface area contributed by atoms with Crippen LogP contribution in [0.25, 0.3) is 0 Å². The van der Waals surface area contributed by atoms with Gasteiger partial charge < -0.3 is 15.5 Å². The third kappa shape index (κ3) is 7.10. The molecule has 0 aliphatic carbocycles. The summed E-state index contributed by atoms with van der Waals surface area (Å²) in [5.74, 6) is -3.65. The van der Waals surface area contributed by atoms with Gasteiger partial charge in [-0.1, -0.05) is 41.4 Å². The summed E-state index contributed by atoms with van der Waals surface area (Å²) < 4.78 is 0. The first-order chi connectivity index (χ1) is 10.9. The summed E-state index contributed by atoms with van der Waals surface area (Å²) in [4.78, 5) is 22.4. The maximum atomic E-state index is 9.10. The lowest BCUT2D eigenvalue weighted by Gasteiger charge is -2.07. The molecule has 23 heavy (non-hydrogen) atoms. The van der Waals surface area contributed by atoms with Crippen molar-refractivity contribution in [3.05, 3.63) is 63.9 Å². The highest BCUT2D eigenvalue weighted by Gasteiger charge is 2.04. The Labute approximate surface area is 142 Å². The molecule has 0 bridgehead atoms. The van der Waals surface area contributed by atoms with E-state index in [9.17, 15) is 0 Å². The predicted molar refractivity (Wildman–Crippen MR) is 86.5 cm³/mol. The van der Waals surface area contributed by atoms with Crippen LogP contribution in [0.1, 0.15) is 11.3 Å². The third-order valence-electron chi connectivity index (χ3n) is 2.56. The highest BCUT2D eigenvalue weighted by molar-refractivity contribution is 6.42. The van der Waals surface area contributed by atoms with E-state index >= 15 is 0 Å². The molecule has 0 amide bonds. The largest absolute Gasteiger partial charge is 0.473 e. The lowest BCUT2D eigenvalue weighted by molar-refractivity contribution is -0.159. The minimum Gasteiger partial charge on any atom is -0.473 e. The highest BCUT2D eigenvalue weighted by atomic mass is 35.5. The van der Waals surface area contributed by atoms with Crippen LogP contribution in [0.3, 0.4) is 0 Å². The Morgan fingerprint density at radius 3 is 2.26 bits per heavy atom. The van der Waals surface area contributed by atoms with Gasteiger partial charge in [-0.05, 0) is 23.8 Å². The molecule has 122 valence electrons. The Hall–Kier alpha value is -2.15. The lowest BCUT2D eigenvalue weighted by Crippen LogP contribution is -2.13. The molecule has 0 spiro atoms. The fraction of sp³-hybridized carbons (Fsp3) is 0.133. The van der Waals surface area contributed by atoms with Gasteiger partial charge in [-0.3, -0.25) is 4.98 Å². The number of halogens is 2. The van der Waals surface area contributed by atoms with Crippen molar-refractivity contribution in [2.75, 3.05) is 0 Å². The van der Waals surface area contributed by atoms with Crippen molar-refractivity contribution < 1.29 is 19.8 Å². The van der Waals surface area contributed by atoms with E-state index in [1.54, 1.807) is 12.3 Å². The van der Waals surface area contributed by atoms with Gasteiger partial charge in [0.1, 0.15) is 0 Å². The number of nitrogens with zero attached hydrogens (tertiary/aromatic N) is 1. The van der Waals surface area contributed by atoms with Crippen LogP contribution in [0.15, 0.2) is 42.6 Å². The molecule has 0 atom stereocenters. The fourth-order valence-corrected chi connectivity index (χ4v) is 1.90. The molecule has 8 heteroatoms. The zero-order chi connectivity index (χ0) is 17.2. The standard InChI is InChI=1S/C13H12Cl2N2.C2H2O4/c14-12-6-3-4-10(13(12)15)8-16-9-11-5-1-2-7-17-11;3-1(4)2(5)6/h1-7,16H,8-9H2;(H,3,4)(H,5,6). The van der Waals surface area contributed by atoms with Crippen molar-refractivity contribution in [3.63, 3.8) is 0 Å². The van der Waals surface area contributed by atoms with E-state index in [-0.39, 0.29) is 0 Å². The number of nitrogens with one attached hydrogen (secondary N) is 1. The Bertz CT molecular complexity index is 654. The molecule has 0 aliphatic rings. The first kappa shape index (κ1) is 18.9. The van der Waals surface area contributed by atoms with Gasteiger partial charge in [0.25, 0.3) is 0 Å². The van der Waals surface area contributed by atoms with Crippen molar-refractivity contribution in [3.8, 4) is 0 Å². The van der Waals surface area contributed by atoms with Crippen LogP contribution in [0, 0.1) is 0 Å². The molecule has 0 aliphatic heterocycles. The van der Waals surface area contributed by atoms with Crippen molar-refractivity contribution >= 4 is 35.1 Å². The maximum Gasteiger partial charge on any atom is 0.414 e. The van der Waals surface area contributed by atoms with Crippen LogP contribution >= 0.6 is 23.2 Å². The summed E-state index contributed by atoms with van der Waals surface area (Å²) in [7, 11) is 0. The smallest absolute Gasteiger partial charge is 0.414 e. The van der Waals surface area contributed by atoms with Crippen molar-refractivity contribution in [2.45, 2.75) is 13.1 Å². The number of hydrogen-bond acceptors (Lipinski definition) is 4. The summed E-state index contributed by atoms with van der Waals surface area (Å²) >= 11 is 12.0. The second-order valence-electron chi connectivity index (χ2n) is 4.25. The summed E-state index contributed by atoms with van der Waals surface area (Å²) in [5, 5.41) is 19.3. The zero-order valence-electron chi connectivity index (χ0n) is 11.9. The maximum absolute atomic E-state index is 9.10. The van der Waals surface area contributed by atoms with Gasteiger partial charge in [-0.15, -0.1) is 0 Å². The number of aromatic nitrogens is 1. The average Bonchev–Trinajstić information content (AvgIpc) is 2.53. The average molecular weight is 357 g/mol. The van der Waals surface area contributed by atoms with Crippen LogP contribution in [-0.4, -0.2) is 27.1 Å². The van der Waals surface area contributed by atoms with Gasteiger partial charge in [0.15, 0.2) is 0 Å². The Kier molecular flexibility index (Phi) is 8.04. The molecule has 3 N–H and O–H groups in total. The number of carboxylic acid groups (broad SMARTS) is 2. The van der Waals surface area contributed by atoms with Gasteiger partial charge in [0.05, 0.1) is 15.7 Å². The van der Waals surface area contributed by atoms with Gasteiger partial charge in [-0.2, -0.15) is 0 Å². The first-order valence-corrected chi connectivity index (χ1v) is 7.17. The van der Waals surface area contributed by atoms with E-state index in [1.807, 2.05) is 30.3 Å². The molecule has 2 aromatic rings. The quantitative estimate of drug-likeness (QED) is 0.728. The number of hydrogen-bond donors (Lipinski definition) is 3. The van der Waals surface area contributed by atoms with E-state index in [1.165, 1.54) is 0 Å². The second-order valence-corrected chi connectivity index (χ2v) is 5.03. The van der Waals surface area contributed by atoms with Crippen LogP contribution in [0.4, 0.5) is 0 Å². The molecule has 6 nitrogen and oxygen atoms in total. The van der Waals surface area contributed by atoms with E-state index in [2.05, 4.69) is 10.3 Å². The summed E-state index contributed by atoms with van der Waals surface area (Å²) in [6, 6.07) is 11.5. The molecule has 0 saturated heterocycles. The molecule has 0 saturated carbocycles. The Morgan fingerprint density at radius 1 is 1.00 bits per heavy atom. The molecule has 2 rings (SSSR count). The molecular weight excluding hydrogens is 343 g/mol. The summed E-state index contributed by atoms with van der Waals surface area (Å²) in [5.41, 5.74) is 2.00. The summed E-state index contributed by atoms with van der Waals surface area (Å²) in [6.45, 7) is 1.39. The SMILES string of the molecule is Clc1cccc(CNCc2ccccn2)c1Cl.O=C(O)C(=O)O. The molecule has 1 aromatic carbocycles. The minimum atomic E-state index is -1.82. The van der Waals surface area contributed by atoms with Gasteiger partial charge in [0, 0.05) is 19.3 Å². The van der Waals surface area contributed by atoms with E-state index in [0.29, 0.717) is 23.1 Å². The number of carbonyl (C=O) groups is 2. The van der Waals surface area contributed by atoms with E-state index in [0.717, 1.165) is 11.3 Å². The molecule has 1 heterocycles. The Balaban J connectivity index is 0.000000379. The monoisotopic (exact) mass is 356 g/mol. The number of carboxylic acids is 2. The number of aliphatic carboxylic acids is 2. The molecule has 0 radical (unpaired) electrons. The topological polar surface area (TPSA) is 99.5 Å². The van der Waals surface area contributed by atoms with Crippen LogP contribution < -0.4 is 5.32 Å². The second kappa shape index (κ2) is 9.78. The number of pyridine rings is 1. The van der Waals surface area contributed by atoms with Gasteiger partial charge in [-0.25, -0.2) is 9.59 Å². The van der Waals surface area contributed by atoms with Gasteiger partial charge in [0.2, 0.25) is 0 Å². The molecule has 0 unspecified atom stereocenters. The van der Waals surface area contributed by atoms with Crippen molar-refractivity contribution in [1.82, 2.24) is 10.3 Å². The van der Waals surface area contributed by atoms with Crippen molar-refractivity contribution in [1.29, 1.82) is 0 Å². The van der Waals surface area contributed by atoms with E-state index < -0.39 is 11.9 Å². The summed E-state index contributed by atoms with van der Waals surface area (Å²) in [6.07, 6.45) is 1.78. The first-order valence-electron chi connectivity index (χ1n) is 6.41. The molecule has 0 fully saturated rings. The lowest BCUT2D eigenvalue weighted by atomic mass is 10.2. The minimum absolute atomic E-state index is 0.587. The number of rotatable bonds is 4. The highest BCUT2D eigenvalue weighted by Crippen LogP contribution is 2.25. The Morgan fingerprint density at radius 2 is 1.70 bits per heavy atom. The van der Waals surface area contributed by atoms with Crippen LogP contribution in [0.5, 0.6) is 0 Å². The van der Waals surface area contributed by atoms with Crippen molar-refractivity contribution in [2.24, 2.45) is 0 Å². The normalized spacial score (nSPS) is 9.65. The van der Waals surface area contributed by atoms with Gasteiger partial charge >= 0.3 is 11.9 Å². The van der Waals surface area contributed by atoms with Crippen LogP contribution in [0.2, 0.25) is 10.0 Å². The van der Waals surface area contributed by atoms with E-state index in [4.69, 9.17) is 43.0 Å². The predicted octanol–water partition coefficient (Wildman–Crippen LogP) is 2.83. The third-order valence-corrected chi connectivity index (χ3v) is 3.42.